The Kier molecular flexibility index (Phi) is 2.97. The average molecular weight is 186 g/mol. The van der Waals surface area contributed by atoms with Gasteiger partial charge in [-0.1, -0.05) is 6.42 Å². The first-order chi connectivity index (χ1) is 5.88. The van der Waals surface area contributed by atoms with E-state index in [2.05, 4.69) is 0 Å². The van der Waals surface area contributed by atoms with E-state index in [1.165, 1.54) is 43.6 Å². The third-order valence-electron chi connectivity index (χ3n) is 3.38. The smallest absolute Gasteiger partial charge is 0.0597 e. The van der Waals surface area contributed by atoms with Crippen LogP contribution in [0.4, 0.5) is 0 Å². The fourth-order valence-electron chi connectivity index (χ4n) is 2.22. The Hall–Kier alpha value is 0.310. The van der Waals surface area contributed by atoms with Gasteiger partial charge >= 0.3 is 0 Å². The molecule has 1 saturated carbocycles. The lowest BCUT2D eigenvalue weighted by Gasteiger charge is -2.36. The lowest BCUT2D eigenvalue weighted by Crippen LogP contribution is -2.35. The second-order valence-electron chi connectivity index (χ2n) is 4.13. The van der Waals surface area contributed by atoms with E-state index in [0.717, 1.165) is 0 Å². The molecule has 0 aromatic carbocycles. The molecule has 0 spiro atoms. The van der Waals surface area contributed by atoms with Gasteiger partial charge in [-0.3, -0.25) is 0 Å². The average Bonchev–Trinajstić information content (AvgIpc) is 2.03. The van der Waals surface area contributed by atoms with Crippen molar-refractivity contribution in [3.8, 4) is 0 Å². The Morgan fingerprint density at radius 2 is 1.58 bits per heavy atom. The van der Waals surface area contributed by atoms with Crippen molar-refractivity contribution in [3.05, 3.63) is 0 Å². The monoisotopic (exact) mass is 186 g/mol. The molecule has 0 bridgehead atoms. The van der Waals surface area contributed by atoms with Gasteiger partial charge in [0.25, 0.3) is 0 Å². The summed E-state index contributed by atoms with van der Waals surface area (Å²) in [4.78, 5) is 0. The Morgan fingerprint density at radius 3 is 2.08 bits per heavy atom. The summed E-state index contributed by atoms with van der Waals surface area (Å²) in [6, 6.07) is 0. The van der Waals surface area contributed by atoms with Crippen LogP contribution in [0.25, 0.3) is 0 Å². The molecule has 1 unspecified atom stereocenters. The highest BCUT2D eigenvalue weighted by atomic mass is 32.2. The van der Waals surface area contributed by atoms with Crippen LogP contribution in [0.15, 0.2) is 0 Å². The molecule has 1 aliphatic heterocycles. The zero-order valence-electron chi connectivity index (χ0n) is 7.54. The molecule has 0 aromatic heterocycles. The summed E-state index contributed by atoms with van der Waals surface area (Å²) >= 11 is 2.04. The van der Waals surface area contributed by atoms with Gasteiger partial charge in [0.2, 0.25) is 0 Å². The molecule has 2 fully saturated rings. The predicted molar refractivity (Wildman–Crippen MR) is 53.4 cm³/mol. The first kappa shape index (κ1) is 8.89. The molecule has 70 valence electrons. The van der Waals surface area contributed by atoms with Gasteiger partial charge in [0, 0.05) is 0 Å². The zero-order chi connectivity index (χ0) is 8.39. The van der Waals surface area contributed by atoms with Gasteiger partial charge in [0.05, 0.1) is 6.10 Å². The molecule has 0 amide bonds. The highest BCUT2D eigenvalue weighted by Crippen LogP contribution is 2.37. The van der Waals surface area contributed by atoms with Gasteiger partial charge in [-0.05, 0) is 49.0 Å². The third-order valence-corrected chi connectivity index (χ3v) is 4.43. The van der Waals surface area contributed by atoms with Crippen LogP contribution in [0.5, 0.6) is 0 Å². The van der Waals surface area contributed by atoms with E-state index in [-0.39, 0.29) is 6.10 Å². The van der Waals surface area contributed by atoms with Crippen LogP contribution in [-0.2, 0) is 0 Å². The lowest BCUT2D eigenvalue weighted by atomic mass is 9.75. The van der Waals surface area contributed by atoms with Crippen molar-refractivity contribution >= 4 is 11.8 Å². The minimum absolute atomic E-state index is 0.0413. The molecule has 0 radical (unpaired) electrons. The summed E-state index contributed by atoms with van der Waals surface area (Å²) in [5, 5.41) is 9.98. The molecule has 1 nitrogen and oxygen atoms in total. The van der Waals surface area contributed by atoms with Gasteiger partial charge < -0.3 is 5.11 Å². The Labute approximate surface area is 78.9 Å². The highest BCUT2D eigenvalue weighted by Gasteiger charge is 2.32. The van der Waals surface area contributed by atoms with Gasteiger partial charge in [-0.2, -0.15) is 11.8 Å². The third kappa shape index (κ3) is 1.80. The number of hydrogen-bond acceptors (Lipinski definition) is 2. The molecule has 0 aromatic rings. The van der Waals surface area contributed by atoms with E-state index < -0.39 is 0 Å². The van der Waals surface area contributed by atoms with Crippen LogP contribution >= 0.6 is 11.8 Å². The predicted octanol–water partition coefficient (Wildman–Crippen LogP) is 2.29. The summed E-state index contributed by atoms with van der Waals surface area (Å²) in [7, 11) is 0. The summed E-state index contributed by atoms with van der Waals surface area (Å²) in [6.07, 6.45) is 6.46. The summed E-state index contributed by atoms with van der Waals surface area (Å²) in [5.74, 6) is 3.85. The maximum Gasteiger partial charge on any atom is 0.0597 e. The number of aliphatic hydroxyl groups is 1. The second kappa shape index (κ2) is 4.01. The van der Waals surface area contributed by atoms with Gasteiger partial charge in [0.15, 0.2) is 0 Å². The van der Waals surface area contributed by atoms with Crippen molar-refractivity contribution < 1.29 is 5.11 Å². The number of hydrogen-bond donors (Lipinski definition) is 1. The molecule has 2 aliphatic rings. The SMILES string of the molecule is OC(C1CCC1)C1CCSCC1. The quantitative estimate of drug-likeness (QED) is 0.714. The first-order valence-corrected chi connectivity index (χ1v) is 6.29. The minimum Gasteiger partial charge on any atom is -0.393 e. The van der Waals surface area contributed by atoms with E-state index >= 15 is 0 Å². The number of thioether (sulfide) groups is 1. The fourth-order valence-corrected chi connectivity index (χ4v) is 3.37. The van der Waals surface area contributed by atoms with Crippen LogP contribution in [-0.4, -0.2) is 22.7 Å². The molecule has 1 N–H and O–H groups in total. The van der Waals surface area contributed by atoms with Crippen molar-refractivity contribution in [1.82, 2.24) is 0 Å². The minimum atomic E-state index is 0.0413. The largest absolute Gasteiger partial charge is 0.393 e. The van der Waals surface area contributed by atoms with Crippen LogP contribution in [0.1, 0.15) is 32.1 Å². The van der Waals surface area contributed by atoms with Gasteiger partial charge in [0.1, 0.15) is 0 Å². The van der Waals surface area contributed by atoms with Crippen molar-refractivity contribution in [2.45, 2.75) is 38.2 Å². The van der Waals surface area contributed by atoms with Crippen molar-refractivity contribution in [1.29, 1.82) is 0 Å². The van der Waals surface area contributed by atoms with Gasteiger partial charge in [-0.25, -0.2) is 0 Å². The van der Waals surface area contributed by atoms with Crippen LogP contribution in [0, 0.1) is 11.8 Å². The molecule has 1 aliphatic carbocycles. The standard InChI is InChI=1S/C10H18OS/c11-10(8-2-1-3-8)9-4-6-12-7-5-9/h8-11H,1-7H2. The molecule has 1 atom stereocenters. The van der Waals surface area contributed by atoms with E-state index in [9.17, 15) is 5.11 Å². The maximum absolute atomic E-state index is 9.98. The van der Waals surface area contributed by atoms with Crippen LogP contribution < -0.4 is 0 Å². The van der Waals surface area contributed by atoms with E-state index in [4.69, 9.17) is 0 Å². The van der Waals surface area contributed by atoms with Crippen molar-refractivity contribution in [2.75, 3.05) is 11.5 Å². The molecule has 12 heavy (non-hydrogen) atoms. The maximum atomic E-state index is 9.98. The highest BCUT2D eigenvalue weighted by molar-refractivity contribution is 7.99. The van der Waals surface area contributed by atoms with Crippen molar-refractivity contribution in [3.63, 3.8) is 0 Å². The van der Waals surface area contributed by atoms with E-state index in [0.29, 0.717) is 11.8 Å². The summed E-state index contributed by atoms with van der Waals surface area (Å²) in [6.45, 7) is 0. The van der Waals surface area contributed by atoms with E-state index in [1.807, 2.05) is 11.8 Å². The number of aliphatic hydroxyl groups excluding tert-OH is 1. The van der Waals surface area contributed by atoms with Crippen LogP contribution in [0.2, 0.25) is 0 Å². The topological polar surface area (TPSA) is 20.2 Å². The first-order valence-electron chi connectivity index (χ1n) is 5.14. The van der Waals surface area contributed by atoms with E-state index in [1.54, 1.807) is 0 Å². The molecular formula is C10H18OS. The Balaban J connectivity index is 1.80. The summed E-state index contributed by atoms with van der Waals surface area (Å²) < 4.78 is 0. The molecular weight excluding hydrogens is 168 g/mol. The second-order valence-corrected chi connectivity index (χ2v) is 5.36. The lowest BCUT2D eigenvalue weighted by molar-refractivity contribution is 0.0119. The molecule has 1 heterocycles. The normalized spacial score (nSPS) is 29.8. The Morgan fingerprint density at radius 1 is 1.00 bits per heavy atom. The molecule has 1 saturated heterocycles. The zero-order valence-corrected chi connectivity index (χ0v) is 8.35. The molecule has 2 rings (SSSR count). The van der Waals surface area contributed by atoms with Gasteiger partial charge in [-0.15, -0.1) is 0 Å². The van der Waals surface area contributed by atoms with Crippen molar-refractivity contribution in [2.24, 2.45) is 11.8 Å². The Bertz CT molecular complexity index is 139. The number of rotatable bonds is 2. The summed E-state index contributed by atoms with van der Waals surface area (Å²) in [5.41, 5.74) is 0. The molecule has 2 heteroatoms. The van der Waals surface area contributed by atoms with Crippen LogP contribution in [0.3, 0.4) is 0 Å². The fraction of sp³-hybridized carbons (Fsp3) is 1.00.